The number of methoxy groups -OCH3 is 1. The van der Waals surface area contributed by atoms with E-state index in [2.05, 4.69) is 44.9 Å². The molecule has 0 saturated heterocycles. The highest BCUT2D eigenvalue weighted by atomic mass is 79.9. The Balaban J connectivity index is 1.59. The third-order valence-corrected chi connectivity index (χ3v) is 6.55. The molecule has 2 heterocycles. The first-order valence-corrected chi connectivity index (χ1v) is 12.4. The van der Waals surface area contributed by atoms with Crippen LogP contribution < -0.4 is 10.1 Å². The summed E-state index contributed by atoms with van der Waals surface area (Å²) in [5.74, 6) is 1.11. The number of alkyl halides is 1. The number of carbonyl (C=O) groups is 1. The summed E-state index contributed by atoms with van der Waals surface area (Å²) < 4.78 is 7.49. The predicted molar refractivity (Wildman–Crippen MR) is 147 cm³/mol. The van der Waals surface area contributed by atoms with Crippen molar-refractivity contribution in [3.63, 3.8) is 0 Å². The van der Waals surface area contributed by atoms with Crippen LogP contribution in [0.4, 0.5) is 5.82 Å². The summed E-state index contributed by atoms with van der Waals surface area (Å²) in [6.45, 7) is 2.11. The van der Waals surface area contributed by atoms with Gasteiger partial charge in [0.2, 0.25) is 0 Å². The van der Waals surface area contributed by atoms with Crippen molar-refractivity contribution < 1.29 is 9.53 Å². The monoisotopic (exact) mass is 527 g/mol. The molecule has 5 aromatic rings. The summed E-state index contributed by atoms with van der Waals surface area (Å²) in [6, 6.07) is 25.8. The van der Waals surface area contributed by atoms with Gasteiger partial charge < -0.3 is 14.6 Å². The Morgan fingerprint density at radius 3 is 2.43 bits per heavy atom. The second-order valence-electron chi connectivity index (χ2n) is 8.69. The number of benzene rings is 3. The van der Waals surface area contributed by atoms with Gasteiger partial charge in [-0.25, -0.2) is 4.98 Å². The molecule has 5 rings (SSSR count). The van der Waals surface area contributed by atoms with Gasteiger partial charge in [0, 0.05) is 39.3 Å². The zero-order valence-electron chi connectivity index (χ0n) is 19.9. The van der Waals surface area contributed by atoms with E-state index in [1.54, 1.807) is 7.11 Å². The van der Waals surface area contributed by atoms with Crippen LogP contribution in [0.5, 0.6) is 5.75 Å². The van der Waals surface area contributed by atoms with Crippen LogP contribution in [-0.4, -0.2) is 27.4 Å². The van der Waals surface area contributed by atoms with Crippen molar-refractivity contribution in [2.24, 2.45) is 7.05 Å². The normalized spacial score (nSPS) is 12.1. The van der Waals surface area contributed by atoms with E-state index in [-0.39, 0.29) is 5.91 Å². The Bertz CT molecular complexity index is 1520. The lowest BCUT2D eigenvalue weighted by Gasteiger charge is -2.11. The van der Waals surface area contributed by atoms with Crippen molar-refractivity contribution in [1.29, 1.82) is 0 Å². The van der Waals surface area contributed by atoms with Crippen molar-refractivity contribution in [3.05, 3.63) is 90.0 Å². The van der Waals surface area contributed by atoms with E-state index in [4.69, 9.17) is 9.72 Å². The van der Waals surface area contributed by atoms with Gasteiger partial charge in [0.25, 0.3) is 5.91 Å². The Morgan fingerprint density at radius 2 is 1.74 bits per heavy atom. The molecule has 0 aliphatic carbocycles. The summed E-state index contributed by atoms with van der Waals surface area (Å²) in [6.07, 6.45) is 0.909. The number of carbonyl (C=O) groups excluding carboxylic acids is 1. The van der Waals surface area contributed by atoms with Crippen LogP contribution >= 0.6 is 15.9 Å². The number of rotatable bonds is 6. The number of anilines is 1. The molecule has 2 aromatic heterocycles. The first-order chi connectivity index (χ1) is 16.9. The van der Waals surface area contributed by atoms with E-state index in [0.717, 1.165) is 45.2 Å². The van der Waals surface area contributed by atoms with E-state index >= 15 is 0 Å². The molecule has 3 aromatic carbocycles. The smallest absolute Gasteiger partial charge is 0.256 e. The number of pyridine rings is 1. The van der Waals surface area contributed by atoms with E-state index in [1.165, 1.54) is 5.56 Å². The van der Waals surface area contributed by atoms with Gasteiger partial charge in [-0.1, -0.05) is 53.2 Å². The van der Waals surface area contributed by atoms with Crippen LogP contribution in [-0.2, 0) is 13.5 Å². The van der Waals surface area contributed by atoms with E-state index < -0.39 is 0 Å². The van der Waals surface area contributed by atoms with Crippen LogP contribution in [0.3, 0.4) is 0 Å². The summed E-state index contributed by atoms with van der Waals surface area (Å²) in [4.78, 5) is 18.4. The summed E-state index contributed by atoms with van der Waals surface area (Å²) >= 11 is 3.58. The molecular weight excluding hydrogens is 502 g/mol. The number of aryl methyl sites for hydroxylation is 1. The van der Waals surface area contributed by atoms with E-state index in [9.17, 15) is 4.79 Å². The van der Waals surface area contributed by atoms with Crippen LogP contribution in [0.25, 0.3) is 33.1 Å². The lowest BCUT2D eigenvalue weighted by atomic mass is 10.1. The minimum Gasteiger partial charge on any atom is -0.497 e. The number of hydrogen-bond donors (Lipinski definition) is 1. The molecule has 0 spiro atoms. The first-order valence-electron chi connectivity index (χ1n) is 11.5. The third-order valence-electron chi connectivity index (χ3n) is 6.22. The number of amides is 1. The maximum atomic E-state index is 13.1. The maximum Gasteiger partial charge on any atom is 0.256 e. The zero-order chi connectivity index (χ0) is 24.5. The molecular formula is C29H26BrN3O2. The summed E-state index contributed by atoms with van der Waals surface area (Å²) in [5.41, 5.74) is 5.67. The molecule has 0 aliphatic rings. The minimum atomic E-state index is -0.184. The van der Waals surface area contributed by atoms with Gasteiger partial charge in [0.15, 0.2) is 0 Å². The summed E-state index contributed by atoms with van der Waals surface area (Å²) in [5, 5.41) is 5.18. The van der Waals surface area contributed by atoms with Gasteiger partial charge in [0.05, 0.1) is 18.3 Å². The van der Waals surface area contributed by atoms with Gasteiger partial charge in [0.1, 0.15) is 11.6 Å². The molecule has 1 atom stereocenters. The topological polar surface area (TPSA) is 56.1 Å². The third kappa shape index (κ3) is 4.54. The van der Waals surface area contributed by atoms with Crippen LogP contribution in [0.1, 0.15) is 22.8 Å². The second kappa shape index (κ2) is 9.55. The molecule has 1 amide bonds. The highest BCUT2D eigenvalue weighted by molar-refractivity contribution is 9.09. The van der Waals surface area contributed by atoms with Gasteiger partial charge in [-0.15, -0.1) is 0 Å². The largest absolute Gasteiger partial charge is 0.497 e. The number of hydrogen-bond acceptors (Lipinski definition) is 3. The van der Waals surface area contributed by atoms with Crippen molar-refractivity contribution in [2.75, 3.05) is 12.4 Å². The molecule has 0 bridgehead atoms. The molecule has 1 N–H and O–H groups in total. The average Bonchev–Trinajstić information content (AvgIpc) is 3.16. The van der Waals surface area contributed by atoms with Gasteiger partial charge in [-0.3, -0.25) is 4.79 Å². The fraction of sp³-hybridized carbons (Fsp3) is 0.172. The Morgan fingerprint density at radius 1 is 1.03 bits per heavy atom. The fourth-order valence-corrected chi connectivity index (χ4v) is 4.89. The number of para-hydroxylation sites is 1. The van der Waals surface area contributed by atoms with Crippen molar-refractivity contribution >= 4 is 49.5 Å². The van der Waals surface area contributed by atoms with Gasteiger partial charge >= 0.3 is 0 Å². The molecule has 1 unspecified atom stereocenters. The van der Waals surface area contributed by atoms with Gasteiger partial charge in [-0.05, 0) is 60.5 Å². The van der Waals surface area contributed by atoms with Crippen molar-refractivity contribution in [1.82, 2.24) is 9.55 Å². The SMILES string of the molecule is COc1ccc(-c2nc(NC(=O)c3ccc(CC(C)Br)cc3)cc3c4ccccc4n(C)c23)cc1. The molecule has 6 heteroatoms. The minimum absolute atomic E-state index is 0.184. The second-order valence-corrected chi connectivity index (χ2v) is 10.3. The number of nitrogens with one attached hydrogen (secondary N) is 1. The highest BCUT2D eigenvalue weighted by Gasteiger charge is 2.18. The van der Waals surface area contributed by atoms with Crippen molar-refractivity contribution in [3.8, 4) is 17.0 Å². The van der Waals surface area contributed by atoms with Gasteiger partial charge in [-0.2, -0.15) is 0 Å². The molecule has 35 heavy (non-hydrogen) atoms. The number of nitrogens with zero attached hydrogens (tertiary/aromatic N) is 2. The highest BCUT2D eigenvalue weighted by Crippen LogP contribution is 2.36. The van der Waals surface area contributed by atoms with Crippen molar-refractivity contribution in [2.45, 2.75) is 18.2 Å². The average molecular weight is 528 g/mol. The summed E-state index contributed by atoms with van der Waals surface area (Å²) in [7, 11) is 3.70. The van der Waals surface area contributed by atoms with E-state index in [0.29, 0.717) is 16.2 Å². The molecule has 0 saturated carbocycles. The first kappa shape index (κ1) is 23.1. The molecule has 176 valence electrons. The number of ether oxygens (including phenoxy) is 1. The Hall–Kier alpha value is -3.64. The number of halogens is 1. The molecule has 0 aliphatic heterocycles. The van der Waals surface area contributed by atoms with Crippen LogP contribution in [0, 0.1) is 0 Å². The van der Waals surface area contributed by atoms with Crippen LogP contribution in [0.2, 0.25) is 0 Å². The Kier molecular flexibility index (Phi) is 6.31. The Labute approximate surface area is 212 Å². The maximum absolute atomic E-state index is 13.1. The lowest BCUT2D eigenvalue weighted by molar-refractivity contribution is 0.102. The number of fused-ring (bicyclic) bond motifs is 3. The molecule has 0 radical (unpaired) electrons. The standard InChI is InChI=1S/C29H26BrN3O2/c1-18(30)16-19-8-10-21(11-9-19)29(34)32-26-17-24-23-6-4-5-7-25(23)33(2)28(24)27(31-26)20-12-14-22(35-3)15-13-20/h4-15,17-18H,16H2,1-3H3,(H,31,32,34). The predicted octanol–water partition coefficient (Wildman–Crippen LogP) is 6.98. The van der Waals surface area contributed by atoms with Crippen LogP contribution in [0.15, 0.2) is 78.9 Å². The fourth-order valence-electron chi connectivity index (χ4n) is 4.52. The quantitative estimate of drug-likeness (QED) is 0.242. The zero-order valence-corrected chi connectivity index (χ0v) is 21.5. The lowest BCUT2D eigenvalue weighted by Crippen LogP contribution is -2.13. The van der Waals surface area contributed by atoms with E-state index in [1.807, 2.05) is 73.8 Å². The molecule has 5 nitrogen and oxygen atoms in total. The number of aromatic nitrogens is 2. The molecule has 0 fully saturated rings.